The molecule has 3 amide bonds. The van der Waals surface area contributed by atoms with Gasteiger partial charge in [0.2, 0.25) is 0 Å². The van der Waals surface area contributed by atoms with Crippen LogP contribution in [0.5, 0.6) is 5.75 Å². The van der Waals surface area contributed by atoms with Crippen molar-refractivity contribution in [2.24, 2.45) is 16.7 Å². The summed E-state index contributed by atoms with van der Waals surface area (Å²) in [6.45, 7) is 6.95. The lowest BCUT2D eigenvalue weighted by atomic mass is 9.65. The predicted octanol–water partition coefficient (Wildman–Crippen LogP) is 5.56. The van der Waals surface area contributed by atoms with E-state index in [0.717, 1.165) is 36.6 Å². The molecule has 5 nitrogen and oxygen atoms in total. The number of aromatic hydroxyl groups is 1. The molecule has 3 N–H and O–H groups in total. The number of imide groups is 1. The maximum Gasteiger partial charge on any atom is 0.326 e. The van der Waals surface area contributed by atoms with E-state index in [0.29, 0.717) is 11.8 Å². The van der Waals surface area contributed by atoms with Gasteiger partial charge in [-0.05, 0) is 71.8 Å². The zero-order chi connectivity index (χ0) is 22.6. The summed E-state index contributed by atoms with van der Waals surface area (Å²) in [6, 6.07) is 7.10. The van der Waals surface area contributed by atoms with Crippen molar-refractivity contribution < 1.29 is 23.5 Å². The Morgan fingerprint density at radius 3 is 2.32 bits per heavy atom. The Labute approximate surface area is 179 Å². The Kier molecular flexibility index (Phi) is 5.03. The summed E-state index contributed by atoms with van der Waals surface area (Å²) in [5, 5.41) is 14.7. The van der Waals surface area contributed by atoms with Crippen LogP contribution < -0.4 is 10.6 Å². The van der Waals surface area contributed by atoms with E-state index in [-0.39, 0.29) is 22.3 Å². The van der Waals surface area contributed by atoms with Crippen LogP contribution in [0.1, 0.15) is 61.9 Å². The molecule has 2 aromatic rings. The first-order valence-electron chi connectivity index (χ1n) is 10.4. The topological polar surface area (TPSA) is 78.4 Å². The number of amides is 3. The molecule has 31 heavy (non-hydrogen) atoms. The highest BCUT2D eigenvalue weighted by molar-refractivity contribution is 6.08. The summed E-state index contributed by atoms with van der Waals surface area (Å²) in [6.07, 6.45) is 3.44. The number of rotatable bonds is 3. The molecule has 3 unspecified atom stereocenters. The summed E-state index contributed by atoms with van der Waals surface area (Å²) < 4.78 is 27.4. The molecule has 2 fully saturated rings. The monoisotopic (exact) mass is 428 g/mol. The first kappa shape index (κ1) is 21.3. The second-order valence-electron chi connectivity index (χ2n) is 9.44. The summed E-state index contributed by atoms with van der Waals surface area (Å²) >= 11 is 0. The molecular formula is C24H26F2N2O3. The van der Waals surface area contributed by atoms with Crippen LogP contribution in [0.3, 0.4) is 0 Å². The van der Waals surface area contributed by atoms with Gasteiger partial charge < -0.3 is 10.4 Å². The Bertz CT molecular complexity index is 1050. The first-order valence-corrected chi connectivity index (χ1v) is 10.4. The molecule has 2 bridgehead atoms. The Morgan fingerprint density at radius 2 is 1.77 bits per heavy atom. The van der Waals surface area contributed by atoms with E-state index in [9.17, 15) is 23.5 Å². The lowest BCUT2D eigenvalue weighted by molar-refractivity contribution is 0.0959. The Hall–Kier alpha value is -2.96. The summed E-state index contributed by atoms with van der Waals surface area (Å²) in [7, 11) is 0. The molecule has 0 radical (unpaired) electrons. The van der Waals surface area contributed by atoms with Crippen molar-refractivity contribution in [3.8, 4) is 5.75 Å². The van der Waals surface area contributed by atoms with E-state index in [1.165, 1.54) is 6.42 Å². The fourth-order valence-corrected chi connectivity index (χ4v) is 5.61. The normalized spacial score (nSPS) is 26.0. The van der Waals surface area contributed by atoms with Crippen molar-refractivity contribution >= 4 is 17.6 Å². The molecule has 0 heterocycles. The number of nitrogens with one attached hydrogen (secondary N) is 2. The van der Waals surface area contributed by atoms with E-state index in [4.69, 9.17) is 0 Å². The lowest BCUT2D eigenvalue weighted by Gasteiger charge is -2.39. The number of hydrogen-bond acceptors (Lipinski definition) is 3. The number of hydrogen-bond donors (Lipinski definition) is 3. The van der Waals surface area contributed by atoms with Gasteiger partial charge in [0.25, 0.3) is 5.91 Å². The number of carbonyl (C=O) groups excluding carboxylic acids is 2. The number of anilines is 1. The van der Waals surface area contributed by atoms with Crippen molar-refractivity contribution in [2.45, 2.75) is 46.0 Å². The summed E-state index contributed by atoms with van der Waals surface area (Å²) in [5.41, 5.74) is 0.657. The molecule has 4 rings (SSSR count). The Morgan fingerprint density at radius 1 is 1.10 bits per heavy atom. The van der Waals surface area contributed by atoms with Crippen molar-refractivity contribution in [1.29, 1.82) is 0 Å². The average molecular weight is 428 g/mol. The molecule has 2 aliphatic carbocycles. The minimum atomic E-state index is -1.21. The van der Waals surface area contributed by atoms with Crippen LogP contribution in [0.4, 0.5) is 19.3 Å². The van der Waals surface area contributed by atoms with Crippen LogP contribution in [0.15, 0.2) is 36.4 Å². The summed E-state index contributed by atoms with van der Waals surface area (Å²) in [4.78, 5) is 24.2. The van der Waals surface area contributed by atoms with Crippen LogP contribution in [-0.4, -0.2) is 17.0 Å². The van der Waals surface area contributed by atoms with Crippen LogP contribution in [-0.2, 0) is 0 Å². The summed E-state index contributed by atoms with van der Waals surface area (Å²) in [5.74, 6) is -2.50. The van der Waals surface area contributed by atoms with E-state index in [2.05, 4.69) is 26.1 Å². The van der Waals surface area contributed by atoms with Gasteiger partial charge in [-0.15, -0.1) is 0 Å². The minimum Gasteiger partial charge on any atom is -0.506 e. The molecule has 7 heteroatoms. The number of carbonyl (C=O) groups is 2. The molecule has 0 spiro atoms. The van der Waals surface area contributed by atoms with Gasteiger partial charge >= 0.3 is 6.03 Å². The van der Waals surface area contributed by atoms with Gasteiger partial charge in [-0.1, -0.05) is 32.9 Å². The largest absolute Gasteiger partial charge is 0.506 e. The smallest absolute Gasteiger partial charge is 0.326 e. The fourth-order valence-electron chi connectivity index (χ4n) is 5.61. The lowest BCUT2D eigenvalue weighted by Crippen LogP contribution is -2.35. The van der Waals surface area contributed by atoms with Crippen molar-refractivity contribution in [1.82, 2.24) is 5.32 Å². The maximum absolute atomic E-state index is 13.7. The number of benzene rings is 2. The van der Waals surface area contributed by atoms with Gasteiger partial charge in [0.15, 0.2) is 0 Å². The third kappa shape index (κ3) is 3.36. The van der Waals surface area contributed by atoms with Gasteiger partial charge in [-0.2, -0.15) is 0 Å². The van der Waals surface area contributed by atoms with Crippen molar-refractivity contribution in [3.63, 3.8) is 0 Å². The third-order valence-corrected chi connectivity index (χ3v) is 7.88. The Balaban J connectivity index is 1.47. The molecule has 0 aromatic heterocycles. The van der Waals surface area contributed by atoms with Crippen molar-refractivity contribution in [2.75, 3.05) is 5.32 Å². The number of phenolic OH excluding ortho intramolecular Hbond substituents is 1. The zero-order valence-corrected chi connectivity index (χ0v) is 17.8. The van der Waals surface area contributed by atoms with E-state index in [1.807, 2.05) is 11.4 Å². The molecule has 0 saturated heterocycles. The van der Waals surface area contributed by atoms with Gasteiger partial charge in [-0.25, -0.2) is 13.6 Å². The number of urea groups is 1. The molecule has 164 valence electrons. The van der Waals surface area contributed by atoms with Crippen LogP contribution in [0, 0.1) is 28.4 Å². The van der Waals surface area contributed by atoms with Gasteiger partial charge in [0.1, 0.15) is 22.9 Å². The average Bonchev–Trinajstić information content (AvgIpc) is 3.02. The first-order chi connectivity index (χ1) is 14.5. The van der Waals surface area contributed by atoms with Crippen LogP contribution in [0.2, 0.25) is 0 Å². The highest BCUT2D eigenvalue weighted by atomic mass is 19.1. The van der Waals surface area contributed by atoms with Crippen LogP contribution >= 0.6 is 0 Å². The predicted molar refractivity (Wildman–Crippen MR) is 113 cm³/mol. The second-order valence-corrected chi connectivity index (χ2v) is 9.44. The highest BCUT2D eigenvalue weighted by Crippen LogP contribution is 2.71. The fraction of sp³-hybridized carbons (Fsp3) is 0.417. The standard InChI is InChI=1S/C24H26F2N2O3/c1-23(2)14-9-10-24(23,3)15(12-14)13-7-8-18(19(29)11-13)27-22(31)28-21(30)20-16(25)5-4-6-17(20)26/h4-8,11,14-15,29H,9-10,12H2,1-3H3,(H2,27,28,30,31). The van der Waals surface area contributed by atoms with E-state index >= 15 is 0 Å². The molecule has 2 saturated carbocycles. The van der Waals surface area contributed by atoms with Crippen LogP contribution in [0.25, 0.3) is 0 Å². The van der Waals surface area contributed by atoms with Gasteiger partial charge in [0, 0.05) is 0 Å². The highest BCUT2D eigenvalue weighted by Gasteiger charge is 2.61. The molecule has 2 aliphatic rings. The van der Waals surface area contributed by atoms with E-state index < -0.39 is 29.1 Å². The molecular weight excluding hydrogens is 402 g/mol. The molecule has 2 aromatic carbocycles. The van der Waals surface area contributed by atoms with Crippen molar-refractivity contribution in [3.05, 3.63) is 59.2 Å². The number of fused-ring (bicyclic) bond motifs is 2. The number of halogens is 2. The van der Waals surface area contributed by atoms with Gasteiger partial charge in [-0.3, -0.25) is 10.1 Å². The van der Waals surface area contributed by atoms with E-state index in [1.54, 1.807) is 12.1 Å². The second kappa shape index (κ2) is 7.32. The molecule has 0 aliphatic heterocycles. The SMILES string of the molecule is CC1(C)C2CCC1(C)C(c1ccc(NC(=O)NC(=O)c3c(F)cccc3F)c(O)c1)C2. The zero-order valence-electron chi connectivity index (χ0n) is 17.8. The maximum atomic E-state index is 13.7. The quantitative estimate of drug-likeness (QED) is 0.560. The minimum absolute atomic E-state index is 0.107. The third-order valence-electron chi connectivity index (χ3n) is 7.88. The number of phenols is 1. The molecule has 3 atom stereocenters. The van der Waals surface area contributed by atoms with Gasteiger partial charge in [0.05, 0.1) is 5.69 Å².